The molecule has 0 saturated carbocycles. The lowest BCUT2D eigenvalue weighted by Crippen LogP contribution is -2.33. The predicted molar refractivity (Wildman–Crippen MR) is 107 cm³/mol. The topological polar surface area (TPSA) is 145 Å². The van der Waals surface area contributed by atoms with Crippen LogP contribution in [0.5, 0.6) is 0 Å². The molecule has 0 aliphatic rings. The highest BCUT2D eigenvalue weighted by atomic mass is 32.2. The van der Waals surface area contributed by atoms with Crippen LogP contribution in [0.2, 0.25) is 0 Å². The SMILES string of the molecule is CNCC(CNC)CS(=O)(=O)O[P+](=O)OCCCCS(=O)(=O)C(=O)C(C)(C)C. The lowest BCUT2D eigenvalue weighted by atomic mass is 10.00. The predicted octanol–water partition coefficient (Wildman–Crippen LogP) is 0.830. The second-order valence-corrected chi connectivity index (χ2v) is 12.2. The van der Waals surface area contributed by atoms with Crippen molar-refractivity contribution >= 4 is 33.3 Å². The first-order valence-electron chi connectivity index (χ1n) is 8.84. The number of nitrogens with one attached hydrogen (secondary N) is 2. The van der Waals surface area contributed by atoms with Crippen molar-refractivity contribution in [3.63, 3.8) is 0 Å². The lowest BCUT2D eigenvalue weighted by Gasteiger charge is -2.15. The zero-order chi connectivity index (χ0) is 22.0. The monoisotopic (exact) mass is 463 g/mol. The second kappa shape index (κ2) is 12.3. The van der Waals surface area contributed by atoms with E-state index in [1.54, 1.807) is 14.1 Å². The summed E-state index contributed by atoms with van der Waals surface area (Å²) >= 11 is 0. The highest BCUT2D eigenvalue weighted by Gasteiger charge is 2.34. The average molecular weight is 464 g/mol. The Bertz CT molecular complexity index is 711. The molecule has 0 radical (unpaired) electrons. The Morgan fingerprint density at radius 1 is 1.04 bits per heavy atom. The van der Waals surface area contributed by atoms with Crippen molar-refractivity contribution in [2.45, 2.75) is 33.6 Å². The fourth-order valence-corrected chi connectivity index (χ4v) is 6.24. The summed E-state index contributed by atoms with van der Waals surface area (Å²) in [6.07, 6.45) is 0.301. The molecule has 0 aromatic heterocycles. The number of carbonyl (C=O) groups excluding carboxylic acids is 1. The van der Waals surface area contributed by atoms with Crippen LogP contribution >= 0.6 is 8.25 Å². The maximum Gasteiger partial charge on any atom is 0.714 e. The Morgan fingerprint density at radius 2 is 1.57 bits per heavy atom. The molecule has 1 unspecified atom stereocenters. The van der Waals surface area contributed by atoms with Crippen LogP contribution in [0.3, 0.4) is 0 Å². The summed E-state index contributed by atoms with van der Waals surface area (Å²) in [5.74, 6) is -0.946. The molecule has 0 rings (SSSR count). The van der Waals surface area contributed by atoms with E-state index >= 15 is 0 Å². The number of sulfone groups is 1. The van der Waals surface area contributed by atoms with Crippen molar-refractivity contribution < 1.29 is 34.7 Å². The van der Waals surface area contributed by atoms with E-state index in [1.165, 1.54) is 20.8 Å². The molecule has 0 bridgehead atoms. The highest BCUT2D eigenvalue weighted by Crippen LogP contribution is 2.28. The molecule has 0 aliphatic heterocycles. The van der Waals surface area contributed by atoms with E-state index in [9.17, 15) is 26.2 Å². The molecule has 0 spiro atoms. The summed E-state index contributed by atoms with van der Waals surface area (Å²) in [5.41, 5.74) is -0.987. The standard InChI is InChI=1S/C15H32N2O8PS2/c1-15(2,3)14(18)27(20,21)9-7-6-8-24-26(19)25-28(22,23)12-13(10-16-4)11-17-5/h13,16-17H,6-12H2,1-5H3/q+1. The van der Waals surface area contributed by atoms with Crippen LogP contribution < -0.4 is 10.6 Å². The molecule has 13 heteroatoms. The summed E-state index contributed by atoms with van der Waals surface area (Å²) in [6.45, 7) is 5.29. The van der Waals surface area contributed by atoms with E-state index in [4.69, 9.17) is 4.52 Å². The molecule has 1 atom stereocenters. The van der Waals surface area contributed by atoms with Crippen molar-refractivity contribution in [3.8, 4) is 0 Å². The number of rotatable bonds is 14. The maximum absolute atomic E-state index is 11.9. The third kappa shape index (κ3) is 11.5. The van der Waals surface area contributed by atoms with Crippen LogP contribution in [0.1, 0.15) is 33.6 Å². The van der Waals surface area contributed by atoms with Gasteiger partial charge in [0.15, 0.2) is 0 Å². The van der Waals surface area contributed by atoms with E-state index < -0.39 is 38.7 Å². The third-order valence-electron chi connectivity index (χ3n) is 3.50. The summed E-state index contributed by atoms with van der Waals surface area (Å²) < 4.78 is 68.7. The van der Waals surface area contributed by atoms with Crippen molar-refractivity contribution in [2.24, 2.45) is 11.3 Å². The molecule has 0 aromatic rings. The van der Waals surface area contributed by atoms with Crippen molar-refractivity contribution in [1.82, 2.24) is 10.6 Å². The summed E-state index contributed by atoms with van der Waals surface area (Å²) in [7, 11) is -7.44. The zero-order valence-electron chi connectivity index (χ0n) is 17.1. The number of unbranched alkanes of at least 4 members (excludes halogenated alkanes) is 1. The molecule has 2 N–H and O–H groups in total. The molecule has 166 valence electrons. The van der Waals surface area contributed by atoms with E-state index in [2.05, 4.69) is 14.6 Å². The first-order valence-corrected chi connectivity index (χ1v) is 13.2. The highest BCUT2D eigenvalue weighted by molar-refractivity contribution is 8.06. The number of hydrogen-bond acceptors (Lipinski definition) is 10. The Labute approximate surface area is 169 Å². The van der Waals surface area contributed by atoms with Gasteiger partial charge in [-0.2, -0.15) is 8.42 Å². The molecule has 0 amide bonds. The van der Waals surface area contributed by atoms with E-state index in [-0.39, 0.29) is 36.9 Å². The Hall–Kier alpha value is -0.490. The lowest BCUT2D eigenvalue weighted by molar-refractivity contribution is -0.118. The van der Waals surface area contributed by atoms with Crippen LogP contribution in [-0.2, 0) is 37.8 Å². The van der Waals surface area contributed by atoms with Crippen molar-refractivity contribution in [2.75, 3.05) is 45.3 Å². The van der Waals surface area contributed by atoms with E-state index in [0.717, 1.165) is 0 Å². The summed E-state index contributed by atoms with van der Waals surface area (Å²) in [4.78, 5) is 11.8. The number of hydrogen-bond donors (Lipinski definition) is 2. The Morgan fingerprint density at radius 3 is 2.04 bits per heavy atom. The first kappa shape index (κ1) is 27.5. The maximum atomic E-state index is 11.9. The van der Waals surface area contributed by atoms with Gasteiger partial charge in [0.1, 0.15) is 6.61 Å². The van der Waals surface area contributed by atoms with Gasteiger partial charge in [0, 0.05) is 19.9 Å². The minimum atomic E-state index is -4.05. The Kier molecular flexibility index (Phi) is 12.0. The fraction of sp³-hybridized carbons (Fsp3) is 0.933. The molecule has 0 heterocycles. The molecule has 0 aromatic carbocycles. The minimum Gasteiger partial charge on any atom is -0.319 e. The van der Waals surface area contributed by atoms with E-state index in [1.807, 2.05) is 0 Å². The quantitative estimate of drug-likeness (QED) is 0.281. The van der Waals surface area contributed by atoms with Gasteiger partial charge in [-0.3, -0.25) is 4.79 Å². The molecule has 0 aliphatic carbocycles. The van der Waals surface area contributed by atoms with Gasteiger partial charge >= 0.3 is 18.4 Å². The van der Waals surface area contributed by atoms with Gasteiger partial charge in [-0.15, -0.1) is 4.52 Å². The molecule has 0 saturated heterocycles. The summed E-state index contributed by atoms with van der Waals surface area (Å²) in [5, 5.41) is 4.90. The zero-order valence-corrected chi connectivity index (χ0v) is 19.6. The van der Waals surface area contributed by atoms with Gasteiger partial charge in [-0.25, -0.2) is 8.42 Å². The second-order valence-electron chi connectivity index (χ2n) is 7.40. The fourth-order valence-electron chi connectivity index (χ4n) is 2.29. The van der Waals surface area contributed by atoms with Crippen LogP contribution in [-0.4, -0.2) is 67.2 Å². The van der Waals surface area contributed by atoms with Gasteiger partial charge < -0.3 is 10.6 Å². The molecule has 28 heavy (non-hydrogen) atoms. The molecular formula is C15H32N2O8PS2+. The number of carbonyl (C=O) groups is 1. The first-order chi connectivity index (χ1) is 12.7. The van der Waals surface area contributed by atoms with Gasteiger partial charge in [0.25, 0.3) is 5.12 Å². The molecule has 10 nitrogen and oxygen atoms in total. The van der Waals surface area contributed by atoms with Crippen LogP contribution in [0.4, 0.5) is 0 Å². The van der Waals surface area contributed by atoms with Gasteiger partial charge in [0.2, 0.25) is 9.84 Å². The van der Waals surface area contributed by atoms with Gasteiger partial charge in [-0.1, -0.05) is 20.8 Å². The molecular weight excluding hydrogens is 431 g/mol. The van der Waals surface area contributed by atoms with Crippen LogP contribution in [0.15, 0.2) is 0 Å². The van der Waals surface area contributed by atoms with Crippen LogP contribution in [0, 0.1) is 11.3 Å². The van der Waals surface area contributed by atoms with Crippen molar-refractivity contribution in [1.29, 1.82) is 0 Å². The average Bonchev–Trinajstić information content (AvgIpc) is 2.52. The largest absolute Gasteiger partial charge is 0.714 e. The summed E-state index contributed by atoms with van der Waals surface area (Å²) in [6, 6.07) is 0. The van der Waals surface area contributed by atoms with Crippen LogP contribution in [0.25, 0.3) is 0 Å². The van der Waals surface area contributed by atoms with Gasteiger partial charge in [0.05, 0.1) is 11.5 Å². The van der Waals surface area contributed by atoms with Crippen molar-refractivity contribution in [3.05, 3.63) is 0 Å². The van der Waals surface area contributed by atoms with E-state index in [0.29, 0.717) is 13.1 Å². The Balaban J connectivity index is 4.34. The smallest absolute Gasteiger partial charge is 0.319 e. The minimum absolute atomic E-state index is 0.118. The third-order valence-corrected chi connectivity index (χ3v) is 8.17. The molecule has 0 fully saturated rings. The van der Waals surface area contributed by atoms with Gasteiger partial charge in [-0.05, 0) is 40.0 Å². The normalized spacial score (nSPS) is 13.7.